The molecule has 78 valence electrons. The van der Waals surface area contributed by atoms with Gasteiger partial charge in [-0.3, -0.25) is 0 Å². The molecule has 1 rings (SSSR count). The van der Waals surface area contributed by atoms with E-state index in [0.29, 0.717) is 6.04 Å². The van der Waals surface area contributed by atoms with Crippen molar-refractivity contribution in [2.24, 2.45) is 5.92 Å². The third-order valence-corrected chi connectivity index (χ3v) is 4.25. The average molecular weight is 201 g/mol. The van der Waals surface area contributed by atoms with Crippen LogP contribution >= 0.6 is 11.8 Å². The molecule has 0 heterocycles. The maximum atomic E-state index is 3.28. The van der Waals surface area contributed by atoms with Gasteiger partial charge in [-0.1, -0.05) is 12.8 Å². The standard InChI is InChI=1S/C11H23NS/c1-10(12-2)7-8-13-9-11-5-3-4-6-11/h10-12H,3-9H2,1-2H3. The number of hydrogen-bond acceptors (Lipinski definition) is 2. The second-order valence-corrected chi connectivity index (χ2v) is 5.35. The van der Waals surface area contributed by atoms with Crippen LogP contribution < -0.4 is 5.32 Å². The summed E-state index contributed by atoms with van der Waals surface area (Å²) in [4.78, 5) is 0. The van der Waals surface area contributed by atoms with Gasteiger partial charge in [-0.15, -0.1) is 0 Å². The predicted octanol–water partition coefficient (Wildman–Crippen LogP) is 2.91. The van der Waals surface area contributed by atoms with Gasteiger partial charge in [0, 0.05) is 6.04 Å². The largest absolute Gasteiger partial charge is 0.317 e. The summed E-state index contributed by atoms with van der Waals surface area (Å²) >= 11 is 2.15. The molecule has 1 fully saturated rings. The van der Waals surface area contributed by atoms with Gasteiger partial charge in [-0.2, -0.15) is 11.8 Å². The van der Waals surface area contributed by atoms with Crippen LogP contribution in [0.1, 0.15) is 39.0 Å². The summed E-state index contributed by atoms with van der Waals surface area (Å²) in [5, 5.41) is 3.28. The van der Waals surface area contributed by atoms with Gasteiger partial charge < -0.3 is 5.32 Å². The molecule has 0 amide bonds. The Bertz CT molecular complexity index is 121. The van der Waals surface area contributed by atoms with Crippen molar-refractivity contribution in [2.45, 2.75) is 45.1 Å². The summed E-state index contributed by atoms with van der Waals surface area (Å²) in [6, 6.07) is 0.691. The van der Waals surface area contributed by atoms with Crippen LogP contribution in [0.2, 0.25) is 0 Å². The van der Waals surface area contributed by atoms with Crippen LogP contribution in [0.15, 0.2) is 0 Å². The van der Waals surface area contributed by atoms with E-state index in [-0.39, 0.29) is 0 Å². The number of hydrogen-bond donors (Lipinski definition) is 1. The minimum absolute atomic E-state index is 0.691. The van der Waals surface area contributed by atoms with E-state index in [9.17, 15) is 0 Å². The molecule has 1 aliphatic carbocycles. The van der Waals surface area contributed by atoms with Crippen molar-refractivity contribution in [1.82, 2.24) is 5.32 Å². The van der Waals surface area contributed by atoms with Crippen LogP contribution in [0.25, 0.3) is 0 Å². The fourth-order valence-electron chi connectivity index (χ4n) is 1.83. The van der Waals surface area contributed by atoms with Crippen LogP contribution in [0.5, 0.6) is 0 Å². The van der Waals surface area contributed by atoms with Crippen molar-refractivity contribution in [3.8, 4) is 0 Å². The molecule has 0 radical (unpaired) electrons. The Morgan fingerprint density at radius 2 is 2.08 bits per heavy atom. The van der Waals surface area contributed by atoms with Gasteiger partial charge in [0.2, 0.25) is 0 Å². The molecule has 2 heteroatoms. The molecule has 1 unspecified atom stereocenters. The van der Waals surface area contributed by atoms with E-state index < -0.39 is 0 Å². The van der Waals surface area contributed by atoms with E-state index in [0.717, 1.165) is 5.92 Å². The van der Waals surface area contributed by atoms with Gasteiger partial charge in [0.05, 0.1) is 0 Å². The zero-order chi connectivity index (χ0) is 9.52. The second kappa shape index (κ2) is 6.72. The smallest absolute Gasteiger partial charge is 0.00435 e. The summed E-state index contributed by atoms with van der Waals surface area (Å²) in [6.07, 6.45) is 7.27. The van der Waals surface area contributed by atoms with Crippen molar-refractivity contribution in [1.29, 1.82) is 0 Å². The summed E-state index contributed by atoms with van der Waals surface area (Å²) in [5.41, 5.74) is 0. The van der Waals surface area contributed by atoms with Crippen LogP contribution in [-0.2, 0) is 0 Å². The first-order chi connectivity index (χ1) is 6.33. The molecule has 1 N–H and O–H groups in total. The number of thioether (sulfide) groups is 1. The Balaban J connectivity index is 1.88. The van der Waals surface area contributed by atoms with Crippen LogP contribution in [0.4, 0.5) is 0 Å². The molecular formula is C11H23NS. The number of nitrogens with one attached hydrogen (secondary N) is 1. The highest BCUT2D eigenvalue weighted by molar-refractivity contribution is 7.99. The van der Waals surface area contributed by atoms with Crippen LogP contribution in [0.3, 0.4) is 0 Å². The SMILES string of the molecule is CNC(C)CCSCC1CCCC1. The maximum Gasteiger partial charge on any atom is 0.00435 e. The molecule has 0 saturated heterocycles. The van der Waals surface area contributed by atoms with E-state index in [2.05, 4.69) is 24.0 Å². The van der Waals surface area contributed by atoms with Crippen molar-refractivity contribution in [3.05, 3.63) is 0 Å². The van der Waals surface area contributed by atoms with Gasteiger partial charge in [0.15, 0.2) is 0 Å². The lowest BCUT2D eigenvalue weighted by molar-refractivity contribution is 0.594. The van der Waals surface area contributed by atoms with Gasteiger partial charge >= 0.3 is 0 Å². The van der Waals surface area contributed by atoms with Crippen LogP contribution in [-0.4, -0.2) is 24.6 Å². The first-order valence-electron chi connectivity index (χ1n) is 5.58. The zero-order valence-corrected chi connectivity index (χ0v) is 9.83. The Morgan fingerprint density at radius 1 is 1.38 bits per heavy atom. The van der Waals surface area contributed by atoms with Gasteiger partial charge in [-0.25, -0.2) is 0 Å². The molecule has 0 aliphatic heterocycles. The summed E-state index contributed by atoms with van der Waals surface area (Å²) < 4.78 is 0. The second-order valence-electron chi connectivity index (χ2n) is 4.20. The normalized spacial score (nSPS) is 20.8. The maximum absolute atomic E-state index is 3.28. The molecule has 0 spiro atoms. The monoisotopic (exact) mass is 201 g/mol. The Morgan fingerprint density at radius 3 is 2.69 bits per heavy atom. The van der Waals surface area contributed by atoms with Crippen molar-refractivity contribution in [2.75, 3.05) is 18.6 Å². The zero-order valence-electron chi connectivity index (χ0n) is 9.01. The summed E-state index contributed by atoms with van der Waals surface area (Å²) in [6.45, 7) is 2.26. The molecule has 1 nitrogen and oxygen atoms in total. The minimum atomic E-state index is 0.691. The van der Waals surface area contributed by atoms with E-state index in [1.165, 1.54) is 43.6 Å². The van der Waals surface area contributed by atoms with Crippen LogP contribution in [0, 0.1) is 5.92 Å². The molecule has 1 saturated carbocycles. The highest BCUT2D eigenvalue weighted by Crippen LogP contribution is 2.27. The molecule has 0 aromatic heterocycles. The lowest BCUT2D eigenvalue weighted by atomic mass is 10.1. The van der Waals surface area contributed by atoms with Gasteiger partial charge in [-0.05, 0) is 50.7 Å². The molecular weight excluding hydrogens is 178 g/mol. The highest BCUT2D eigenvalue weighted by atomic mass is 32.2. The molecule has 0 aromatic rings. The number of rotatable bonds is 6. The topological polar surface area (TPSA) is 12.0 Å². The third kappa shape index (κ3) is 4.92. The van der Waals surface area contributed by atoms with Gasteiger partial charge in [0.1, 0.15) is 0 Å². The first-order valence-corrected chi connectivity index (χ1v) is 6.73. The van der Waals surface area contributed by atoms with Crippen molar-refractivity contribution >= 4 is 11.8 Å². The molecule has 0 bridgehead atoms. The van der Waals surface area contributed by atoms with Crippen molar-refractivity contribution < 1.29 is 0 Å². The molecule has 1 atom stereocenters. The molecule has 1 aliphatic rings. The van der Waals surface area contributed by atoms with Crippen molar-refractivity contribution in [3.63, 3.8) is 0 Å². The van der Waals surface area contributed by atoms with Gasteiger partial charge in [0.25, 0.3) is 0 Å². The highest BCUT2D eigenvalue weighted by Gasteiger charge is 2.14. The summed E-state index contributed by atoms with van der Waals surface area (Å²) in [5.74, 6) is 3.80. The van der Waals surface area contributed by atoms with E-state index >= 15 is 0 Å². The fraction of sp³-hybridized carbons (Fsp3) is 1.00. The fourth-order valence-corrected chi connectivity index (χ4v) is 3.19. The Hall–Kier alpha value is 0.310. The van der Waals surface area contributed by atoms with E-state index in [4.69, 9.17) is 0 Å². The average Bonchev–Trinajstić information content (AvgIpc) is 2.64. The first kappa shape index (κ1) is 11.4. The van der Waals surface area contributed by atoms with E-state index in [1.54, 1.807) is 0 Å². The predicted molar refractivity (Wildman–Crippen MR) is 62.4 cm³/mol. The minimum Gasteiger partial charge on any atom is -0.317 e. The Kier molecular flexibility index (Phi) is 5.88. The van der Waals surface area contributed by atoms with E-state index in [1.807, 2.05) is 7.05 Å². The third-order valence-electron chi connectivity index (χ3n) is 3.02. The quantitative estimate of drug-likeness (QED) is 0.663. The summed E-state index contributed by atoms with van der Waals surface area (Å²) in [7, 11) is 2.05. The lowest BCUT2D eigenvalue weighted by Crippen LogP contribution is -2.21. The lowest BCUT2D eigenvalue weighted by Gasteiger charge is -2.11. The molecule has 13 heavy (non-hydrogen) atoms. The molecule has 0 aromatic carbocycles. The Labute approximate surface area is 87.1 Å².